The highest BCUT2D eigenvalue weighted by Gasteiger charge is 2.22. The van der Waals surface area contributed by atoms with Crippen LogP contribution >= 0.6 is 23.5 Å². The van der Waals surface area contributed by atoms with Crippen LogP contribution in [0.15, 0.2) is 48.5 Å². The number of nitro benzene ring substituents is 1. The van der Waals surface area contributed by atoms with Crippen LogP contribution < -0.4 is 9.64 Å². The number of carbonyl (C=O) groups is 1. The molecular formula is C21H23N3O4S2. The Morgan fingerprint density at radius 1 is 1.00 bits per heavy atom. The Hall–Kier alpha value is -2.39. The van der Waals surface area contributed by atoms with Gasteiger partial charge in [-0.25, -0.2) is 0 Å². The van der Waals surface area contributed by atoms with E-state index in [0.717, 1.165) is 5.69 Å². The van der Waals surface area contributed by atoms with E-state index in [9.17, 15) is 14.9 Å². The van der Waals surface area contributed by atoms with Gasteiger partial charge in [0.25, 0.3) is 11.6 Å². The molecule has 0 N–H and O–H groups in total. The lowest BCUT2D eigenvalue weighted by atomic mass is 10.2. The highest BCUT2D eigenvalue weighted by molar-refractivity contribution is 8.19. The predicted octanol–water partition coefficient (Wildman–Crippen LogP) is 3.80. The van der Waals surface area contributed by atoms with Crippen molar-refractivity contribution in [1.82, 2.24) is 4.90 Å². The average molecular weight is 446 g/mol. The van der Waals surface area contributed by atoms with E-state index >= 15 is 0 Å². The van der Waals surface area contributed by atoms with Crippen LogP contribution in [0.2, 0.25) is 0 Å². The first-order chi connectivity index (χ1) is 14.6. The number of thioether (sulfide) groups is 2. The van der Waals surface area contributed by atoms with E-state index in [0.29, 0.717) is 36.5 Å². The second-order valence-corrected chi connectivity index (χ2v) is 9.80. The fourth-order valence-electron chi connectivity index (χ4n) is 3.51. The number of anilines is 1. The molecule has 2 heterocycles. The van der Waals surface area contributed by atoms with Crippen molar-refractivity contribution < 1.29 is 14.5 Å². The zero-order valence-corrected chi connectivity index (χ0v) is 18.1. The second-order valence-electron chi connectivity index (χ2n) is 7.07. The van der Waals surface area contributed by atoms with Crippen molar-refractivity contribution in [1.29, 1.82) is 0 Å². The Labute approximate surface area is 183 Å². The van der Waals surface area contributed by atoms with Gasteiger partial charge in [-0.2, -0.15) is 0 Å². The quantitative estimate of drug-likeness (QED) is 0.494. The van der Waals surface area contributed by atoms with E-state index in [4.69, 9.17) is 4.74 Å². The summed E-state index contributed by atoms with van der Waals surface area (Å²) in [5.41, 5.74) is 2.31. The van der Waals surface area contributed by atoms with Crippen molar-refractivity contribution in [3.8, 4) is 5.75 Å². The number of piperazine rings is 1. The van der Waals surface area contributed by atoms with Gasteiger partial charge < -0.3 is 14.5 Å². The van der Waals surface area contributed by atoms with Crippen molar-refractivity contribution in [3.05, 3.63) is 64.2 Å². The van der Waals surface area contributed by atoms with Crippen LogP contribution in [-0.4, -0.2) is 60.0 Å². The van der Waals surface area contributed by atoms with Crippen molar-refractivity contribution in [2.45, 2.75) is 4.58 Å². The first-order valence-electron chi connectivity index (χ1n) is 9.83. The first-order valence-corrected chi connectivity index (χ1v) is 11.9. The summed E-state index contributed by atoms with van der Waals surface area (Å²) in [6, 6.07) is 14.6. The number of rotatable bonds is 6. The molecule has 2 aromatic rings. The van der Waals surface area contributed by atoms with Crippen LogP contribution in [0.1, 0.15) is 10.1 Å². The molecular weight excluding hydrogens is 422 g/mol. The van der Waals surface area contributed by atoms with E-state index in [-0.39, 0.29) is 18.2 Å². The fraction of sp³-hybridized carbons (Fsp3) is 0.381. The molecule has 1 amide bonds. The lowest BCUT2D eigenvalue weighted by Crippen LogP contribution is -2.50. The molecule has 2 saturated heterocycles. The molecule has 9 heteroatoms. The minimum Gasteiger partial charge on any atom is -0.484 e. The number of carbonyl (C=O) groups excluding carboxylic acids is 1. The number of nitrogens with zero attached hydrogens (tertiary/aromatic N) is 3. The van der Waals surface area contributed by atoms with Gasteiger partial charge >= 0.3 is 0 Å². The van der Waals surface area contributed by atoms with E-state index < -0.39 is 4.92 Å². The van der Waals surface area contributed by atoms with Gasteiger partial charge in [0, 0.05) is 55.5 Å². The van der Waals surface area contributed by atoms with Crippen molar-refractivity contribution in [3.63, 3.8) is 0 Å². The number of hydrogen-bond acceptors (Lipinski definition) is 7. The summed E-state index contributed by atoms with van der Waals surface area (Å²) >= 11 is 3.93. The molecule has 158 valence electrons. The summed E-state index contributed by atoms with van der Waals surface area (Å²) < 4.78 is 6.21. The Kier molecular flexibility index (Phi) is 6.69. The third kappa shape index (κ3) is 5.02. The molecule has 2 aromatic carbocycles. The van der Waals surface area contributed by atoms with Gasteiger partial charge in [-0.3, -0.25) is 14.9 Å². The standard InChI is InChI=1S/C21H23N3O4S2/c25-20(15-28-19-7-1-16(2-8-19)21-29-13-14-30-21)23-11-9-22(10-12-23)17-3-5-18(6-4-17)24(26)27/h1-8,21H,9-15H2. The Morgan fingerprint density at radius 2 is 1.63 bits per heavy atom. The average Bonchev–Trinajstić information content (AvgIpc) is 3.33. The van der Waals surface area contributed by atoms with E-state index in [1.807, 2.05) is 40.6 Å². The largest absolute Gasteiger partial charge is 0.484 e. The summed E-state index contributed by atoms with van der Waals surface area (Å²) in [5.74, 6) is 3.08. The third-order valence-corrected chi connectivity index (χ3v) is 8.30. The second kappa shape index (κ2) is 9.61. The summed E-state index contributed by atoms with van der Waals surface area (Å²) in [5, 5.41) is 10.8. The molecule has 0 aromatic heterocycles. The van der Waals surface area contributed by atoms with Crippen molar-refractivity contribution in [2.75, 3.05) is 49.2 Å². The van der Waals surface area contributed by atoms with Crippen LogP contribution in [-0.2, 0) is 4.79 Å². The van der Waals surface area contributed by atoms with Crippen molar-refractivity contribution >= 4 is 40.8 Å². The number of benzene rings is 2. The van der Waals surface area contributed by atoms with Crippen LogP contribution in [0.3, 0.4) is 0 Å². The Bertz CT molecular complexity index is 878. The number of non-ortho nitro benzene ring substituents is 1. The minimum atomic E-state index is -0.402. The van der Waals surface area contributed by atoms with Crippen LogP contribution in [0.25, 0.3) is 0 Å². The molecule has 0 saturated carbocycles. The van der Waals surface area contributed by atoms with E-state index in [1.54, 1.807) is 12.1 Å². The van der Waals surface area contributed by atoms with Gasteiger partial charge in [-0.1, -0.05) is 12.1 Å². The highest BCUT2D eigenvalue weighted by atomic mass is 32.2. The van der Waals surface area contributed by atoms with Gasteiger partial charge in [0.2, 0.25) is 0 Å². The molecule has 2 aliphatic heterocycles. The highest BCUT2D eigenvalue weighted by Crippen LogP contribution is 2.45. The molecule has 30 heavy (non-hydrogen) atoms. The summed E-state index contributed by atoms with van der Waals surface area (Å²) in [4.78, 5) is 26.8. The van der Waals surface area contributed by atoms with Gasteiger partial charge in [0.1, 0.15) is 5.75 Å². The molecule has 0 atom stereocenters. The van der Waals surface area contributed by atoms with Crippen LogP contribution in [0.5, 0.6) is 5.75 Å². The smallest absolute Gasteiger partial charge is 0.269 e. The lowest BCUT2D eigenvalue weighted by molar-refractivity contribution is -0.384. The molecule has 2 fully saturated rings. The van der Waals surface area contributed by atoms with Gasteiger partial charge in [0.05, 0.1) is 9.51 Å². The summed E-state index contributed by atoms with van der Waals surface area (Å²) in [6.45, 7) is 2.62. The maximum Gasteiger partial charge on any atom is 0.269 e. The molecule has 0 bridgehead atoms. The van der Waals surface area contributed by atoms with Gasteiger partial charge in [0.15, 0.2) is 6.61 Å². The Morgan fingerprint density at radius 3 is 2.23 bits per heavy atom. The maximum atomic E-state index is 12.5. The normalized spacial score (nSPS) is 17.2. The molecule has 0 radical (unpaired) electrons. The van der Waals surface area contributed by atoms with E-state index in [1.165, 1.54) is 29.2 Å². The monoisotopic (exact) mass is 445 g/mol. The maximum absolute atomic E-state index is 12.5. The molecule has 0 aliphatic carbocycles. The molecule has 0 unspecified atom stereocenters. The third-order valence-electron chi connectivity index (χ3n) is 5.19. The predicted molar refractivity (Wildman–Crippen MR) is 121 cm³/mol. The zero-order valence-electron chi connectivity index (χ0n) is 16.4. The first kappa shape index (κ1) is 20.9. The molecule has 4 rings (SSSR count). The lowest BCUT2D eigenvalue weighted by Gasteiger charge is -2.36. The van der Waals surface area contributed by atoms with Crippen LogP contribution in [0, 0.1) is 10.1 Å². The fourth-order valence-corrected chi connectivity index (χ4v) is 6.37. The molecule has 7 nitrogen and oxygen atoms in total. The van der Waals surface area contributed by atoms with E-state index in [2.05, 4.69) is 17.0 Å². The Balaban J connectivity index is 1.23. The topological polar surface area (TPSA) is 75.9 Å². The summed E-state index contributed by atoms with van der Waals surface area (Å²) in [6.07, 6.45) is 0. The minimum absolute atomic E-state index is 0.0238. The zero-order chi connectivity index (χ0) is 20.9. The number of hydrogen-bond donors (Lipinski definition) is 0. The van der Waals surface area contributed by atoms with Crippen molar-refractivity contribution in [2.24, 2.45) is 0 Å². The summed E-state index contributed by atoms with van der Waals surface area (Å²) in [7, 11) is 0. The van der Waals surface area contributed by atoms with Gasteiger partial charge in [-0.15, -0.1) is 23.5 Å². The molecule has 2 aliphatic rings. The molecule has 0 spiro atoms. The SMILES string of the molecule is O=C(COc1ccc(C2SCCS2)cc1)N1CCN(c2ccc([N+](=O)[O-])cc2)CC1. The number of amides is 1. The van der Waals surface area contributed by atoms with Crippen LogP contribution in [0.4, 0.5) is 11.4 Å². The van der Waals surface area contributed by atoms with Gasteiger partial charge in [-0.05, 0) is 29.8 Å². The number of ether oxygens (including phenoxy) is 1. The number of nitro groups is 1.